The molecule has 5 nitrogen and oxygen atoms in total. The van der Waals surface area contributed by atoms with Crippen molar-refractivity contribution in [1.29, 1.82) is 0 Å². The third kappa shape index (κ3) is 5.67. The van der Waals surface area contributed by atoms with E-state index in [1.807, 2.05) is 13.8 Å². The predicted molar refractivity (Wildman–Crippen MR) is 79.3 cm³/mol. The Morgan fingerprint density at radius 1 is 1.24 bits per heavy atom. The van der Waals surface area contributed by atoms with Crippen LogP contribution in [0.25, 0.3) is 0 Å². The first kappa shape index (κ1) is 16.7. The number of benzene rings is 1. The summed E-state index contributed by atoms with van der Waals surface area (Å²) in [6.45, 7) is 4.89. The SMILES string of the molecule is [C]#Cc1ccc(C(=O)NC(CNCC(C)C)C(=O)O)cc1. The number of aliphatic carboxylic acids is 1. The van der Waals surface area contributed by atoms with Crippen molar-refractivity contribution in [3.05, 3.63) is 41.8 Å². The molecule has 1 aromatic rings. The van der Waals surface area contributed by atoms with Crippen LogP contribution in [0.3, 0.4) is 0 Å². The summed E-state index contributed by atoms with van der Waals surface area (Å²) in [5.74, 6) is 1.07. The topological polar surface area (TPSA) is 78.4 Å². The Bertz CT molecular complexity index is 529. The van der Waals surface area contributed by atoms with Gasteiger partial charge in [-0.2, -0.15) is 0 Å². The van der Waals surface area contributed by atoms with Gasteiger partial charge in [0.15, 0.2) is 0 Å². The molecule has 0 fully saturated rings. The molecule has 111 valence electrons. The molecule has 1 rings (SSSR count). The smallest absolute Gasteiger partial charge is 0.327 e. The molecule has 0 spiro atoms. The molecular weight excluding hydrogens is 268 g/mol. The van der Waals surface area contributed by atoms with Crippen molar-refractivity contribution < 1.29 is 14.7 Å². The molecule has 1 unspecified atom stereocenters. The fourth-order valence-corrected chi connectivity index (χ4v) is 1.66. The fourth-order valence-electron chi connectivity index (χ4n) is 1.66. The van der Waals surface area contributed by atoms with E-state index in [1.165, 1.54) is 12.1 Å². The van der Waals surface area contributed by atoms with Crippen LogP contribution in [-0.4, -0.2) is 36.1 Å². The normalized spacial score (nSPS) is 11.7. The summed E-state index contributed by atoms with van der Waals surface area (Å²) in [4.78, 5) is 23.1. The third-order valence-electron chi connectivity index (χ3n) is 2.80. The first-order valence-corrected chi connectivity index (χ1v) is 6.71. The molecule has 5 heteroatoms. The van der Waals surface area contributed by atoms with Crippen molar-refractivity contribution in [1.82, 2.24) is 10.6 Å². The van der Waals surface area contributed by atoms with Gasteiger partial charge in [0.05, 0.1) is 0 Å². The molecule has 21 heavy (non-hydrogen) atoms. The maximum Gasteiger partial charge on any atom is 0.327 e. The van der Waals surface area contributed by atoms with E-state index in [0.717, 1.165) is 0 Å². The predicted octanol–water partition coefficient (Wildman–Crippen LogP) is 1.05. The zero-order chi connectivity index (χ0) is 15.8. The highest BCUT2D eigenvalue weighted by molar-refractivity contribution is 5.96. The molecule has 0 heterocycles. The Morgan fingerprint density at radius 2 is 1.86 bits per heavy atom. The number of nitrogens with one attached hydrogen (secondary N) is 2. The molecule has 1 radical (unpaired) electrons. The van der Waals surface area contributed by atoms with Crippen molar-refractivity contribution in [2.45, 2.75) is 19.9 Å². The van der Waals surface area contributed by atoms with E-state index in [-0.39, 0.29) is 6.54 Å². The highest BCUT2D eigenvalue weighted by Crippen LogP contribution is 2.03. The zero-order valence-electron chi connectivity index (χ0n) is 12.1. The van der Waals surface area contributed by atoms with Gasteiger partial charge in [-0.3, -0.25) is 4.79 Å². The van der Waals surface area contributed by atoms with Gasteiger partial charge in [0, 0.05) is 17.7 Å². The molecule has 0 aliphatic rings. The van der Waals surface area contributed by atoms with Gasteiger partial charge in [-0.25, -0.2) is 4.79 Å². The Hall–Kier alpha value is -2.32. The minimum atomic E-state index is -1.08. The van der Waals surface area contributed by atoms with Gasteiger partial charge in [0.25, 0.3) is 5.91 Å². The van der Waals surface area contributed by atoms with Crippen LogP contribution in [-0.2, 0) is 4.79 Å². The summed E-state index contributed by atoms with van der Waals surface area (Å²) in [6, 6.07) is 5.24. The second kappa shape index (κ2) is 8.08. The third-order valence-corrected chi connectivity index (χ3v) is 2.80. The second-order valence-electron chi connectivity index (χ2n) is 5.12. The van der Waals surface area contributed by atoms with Crippen LogP contribution >= 0.6 is 0 Å². The first-order chi connectivity index (χ1) is 9.93. The largest absolute Gasteiger partial charge is 0.480 e. The number of carboxylic acid groups (broad SMARTS) is 1. The lowest BCUT2D eigenvalue weighted by Gasteiger charge is -2.16. The Balaban J connectivity index is 2.63. The monoisotopic (exact) mass is 287 g/mol. The molecule has 0 saturated heterocycles. The number of carbonyl (C=O) groups excluding carboxylic acids is 1. The lowest BCUT2D eigenvalue weighted by atomic mass is 10.1. The summed E-state index contributed by atoms with van der Waals surface area (Å²) in [5.41, 5.74) is 0.907. The van der Waals surface area contributed by atoms with Gasteiger partial charge in [-0.1, -0.05) is 19.8 Å². The Labute approximate surface area is 124 Å². The Kier molecular flexibility index (Phi) is 6.44. The number of hydrogen-bond acceptors (Lipinski definition) is 3. The molecule has 0 aliphatic heterocycles. The highest BCUT2D eigenvalue weighted by atomic mass is 16.4. The number of carboxylic acids is 1. The number of rotatable bonds is 7. The molecule has 1 amide bonds. The molecular formula is C16H19N2O3. The van der Waals surface area contributed by atoms with E-state index in [0.29, 0.717) is 23.6 Å². The molecule has 1 atom stereocenters. The van der Waals surface area contributed by atoms with Gasteiger partial charge in [0.1, 0.15) is 6.04 Å². The minimum absolute atomic E-state index is 0.172. The van der Waals surface area contributed by atoms with E-state index in [4.69, 9.17) is 11.5 Å². The number of amides is 1. The van der Waals surface area contributed by atoms with Crippen molar-refractivity contribution >= 4 is 11.9 Å². The van der Waals surface area contributed by atoms with E-state index in [2.05, 4.69) is 16.6 Å². The van der Waals surface area contributed by atoms with Crippen molar-refractivity contribution in [2.75, 3.05) is 13.1 Å². The molecule has 3 N–H and O–H groups in total. The van der Waals surface area contributed by atoms with E-state index >= 15 is 0 Å². The van der Waals surface area contributed by atoms with Gasteiger partial charge in [-0.15, -0.1) is 0 Å². The number of hydrogen-bond donors (Lipinski definition) is 3. The summed E-state index contributed by atoms with van der Waals surface area (Å²) >= 11 is 0. The van der Waals surface area contributed by atoms with E-state index < -0.39 is 17.9 Å². The number of carbonyl (C=O) groups is 2. The van der Waals surface area contributed by atoms with Gasteiger partial charge < -0.3 is 15.7 Å². The first-order valence-electron chi connectivity index (χ1n) is 6.71. The second-order valence-corrected chi connectivity index (χ2v) is 5.12. The van der Waals surface area contributed by atoms with E-state index in [9.17, 15) is 9.59 Å². The molecule has 0 saturated carbocycles. The van der Waals surface area contributed by atoms with Crippen molar-refractivity contribution in [3.8, 4) is 5.92 Å². The average Bonchev–Trinajstić information content (AvgIpc) is 2.45. The van der Waals surface area contributed by atoms with Crippen LogP contribution in [0.15, 0.2) is 24.3 Å². The maximum absolute atomic E-state index is 12.0. The van der Waals surface area contributed by atoms with Crippen LogP contribution in [0.4, 0.5) is 0 Å². The lowest BCUT2D eigenvalue weighted by molar-refractivity contribution is -0.139. The van der Waals surface area contributed by atoms with Crippen LogP contribution in [0.2, 0.25) is 0 Å². The maximum atomic E-state index is 12.0. The van der Waals surface area contributed by atoms with Crippen LogP contribution in [0.1, 0.15) is 29.8 Å². The summed E-state index contributed by atoms with van der Waals surface area (Å²) < 4.78 is 0. The standard InChI is InChI=1S/C16H19N2O3/c1-4-12-5-7-13(8-6-12)15(19)18-14(16(20)21)10-17-9-11(2)3/h5-8,11,14,17H,9-10H2,2-3H3,(H,18,19)(H,20,21). The summed E-state index contributed by atoms with van der Waals surface area (Å²) in [7, 11) is 0. The summed E-state index contributed by atoms with van der Waals surface area (Å²) in [6.07, 6.45) is 6.96. The minimum Gasteiger partial charge on any atom is -0.480 e. The van der Waals surface area contributed by atoms with Crippen molar-refractivity contribution in [3.63, 3.8) is 0 Å². The fraction of sp³-hybridized carbons (Fsp3) is 0.375. The van der Waals surface area contributed by atoms with Gasteiger partial charge >= 0.3 is 5.97 Å². The highest BCUT2D eigenvalue weighted by Gasteiger charge is 2.20. The quantitative estimate of drug-likeness (QED) is 0.655. The molecule has 1 aromatic carbocycles. The van der Waals surface area contributed by atoms with Crippen LogP contribution < -0.4 is 10.6 Å². The van der Waals surface area contributed by atoms with Gasteiger partial charge in [0.2, 0.25) is 0 Å². The van der Waals surface area contributed by atoms with Crippen molar-refractivity contribution in [2.24, 2.45) is 5.92 Å². The van der Waals surface area contributed by atoms with Crippen LogP contribution in [0, 0.1) is 18.3 Å². The molecule has 0 bridgehead atoms. The Morgan fingerprint density at radius 3 is 2.33 bits per heavy atom. The average molecular weight is 287 g/mol. The van der Waals surface area contributed by atoms with Gasteiger partial charge in [-0.05, 0) is 43.2 Å². The molecule has 0 aromatic heterocycles. The van der Waals surface area contributed by atoms with E-state index in [1.54, 1.807) is 12.1 Å². The van der Waals surface area contributed by atoms with Crippen LogP contribution in [0.5, 0.6) is 0 Å². The zero-order valence-corrected chi connectivity index (χ0v) is 12.1. The lowest BCUT2D eigenvalue weighted by Crippen LogP contribution is -2.47. The summed E-state index contributed by atoms with van der Waals surface area (Å²) in [5, 5.41) is 14.6. The molecule has 0 aliphatic carbocycles.